The number of hydrogen-bond donors (Lipinski definition) is 1. The van der Waals surface area contributed by atoms with Gasteiger partial charge in [0.1, 0.15) is 4.83 Å². The molecule has 3 rings (SSSR count). The Labute approximate surface area is 151 Å². The molecule has 0 aliphatic carbocycles. The summed E-state index contributed by atoms with van der Waals surface area (Å²) in [7, 11) is 1.43. The van der Waals surface area contributed by atoms with Gasteiger partial charge in [0.25, 0.3) is 5.91 Å². The molecule has 0 aromatic carbocycles. The quantitative estimate of drug-likeness (QED) is 0.733. The SMILES string of the molecule is Cc1ccn(C[C@H](C)CNC(=O)c2cc3c(C(F)(F)F)nn(C)c3s2)n1. The molecule has 1 atom stereocenters. The van der Waals surface area contributed by atoms with Crippen molar-refractivity contribution in [3.8, 4) is 0 Å². The number of alkyl halides is 3. The zero-order valence-electron chi connectivity index (χ0n) is 14.5. The predicted molar refractivity (Wildman–Crippen MR) is 92.1 cm³/mol. The van der Waals surface area contributed by atoms with Crippen LogP contribution in [-0.4, -0.2) is 32.0 Å². The van der Waals surface area contributed by atoms with E-state index in [-0.39, 0.29) is 22.1 Å². The summed E-state index contributed by atoms with van der Waals surface area (Å²) < 4.78 is 42.0. The Bertz CT molecular complexity index is 940. The number of hydrogen-bond acceptors (Lipinski definition) is 4. The Morgan fingerprint density at radius 2 is 2.12 bits per heavy atom. The first-order valence-electron chi connectivity index (χ1n) is 7.97. The van der Waals surface area contributed by atoms with Crippen LogP contribution in [0.5, 0.6) is 0 Å². The van der Waals surface area contributed by atoms with Gasteiger partial charge in [-0.3, -0.25) is 14.2 Å². The Morgan fingerprint density at radius 1 is 1.38 bits per heavy atom. The lowest BCUT2D eigenvalue weighted by molar-refractivity contribution is -0.140. The molecule has 1 amide bonds. The number of thiophene rings is 1. The monoisotopic (exact) mass is 385 g/mol. The molecule has 0 spiro atoms. The zero-order valence-corrected chi connectivity index (χ0v) is 15.3. The molecule has 0 saturated heterocycles. The average molecular weight is 385 g/mol. The molecule has 3 aromatic heterocycles. The highest BCUT2D eigenvalue weighted by Gasteiger charge is 2.37. The van der Waals surface area contributed by atoms with E-state index >= 15 is 0 Å². The normalized spacial score (nSPS) is 13.3. The molecular formula is C16H18F3N5OS. The van der Waals surface area contributed by atoms with Crippen LogP contribution < -0.4 is 5.32 Å². The number of fused-ring (bicyclic) bond motifs is 1. The number of amides is 1. The van der Waals surface area contributed by atoms with Crippen molar-refractivity contribution in [1.82, 2.24) is 24.9 Å². The highest BCUT2D eigenvalue weighted by molar-refractivity contribution is 7.20. The summed E-state index contributed by atoms with van der Waals surface area (Å²) in [6, 6.07) is 3.15. The molecule has 0 fully saturated rings. The van der Waals surface area contributed by atoms with Crippen LogP contribution in [0.4, 0.5) is 13.2 Å². The van der Waals surface area contributed by atoms with Gasteiger partial charge < -0.3 is 5.32 Å². The molecule has 3 aromatic rings. The van der Waals surface area contributed by atoms with Crippen LogP contribution >= 0.6 is 11.3 Å². The number of nitrogens with one attached hydrogen (secondary N) is 1. The maximum Gasteiger partial charge on any atom is 0.435 e. The van der Waals surface area contributed by atoms with Crippen LogP contribution in [0, 0.1) is 12.8 Å². The van der Waals surface area contributed by atoms with E-state index in [9.17, 15) is 18.0 Å². The second-order valence-corrected chi connectivity index (χ2v) is 7.32. The minimum atomic E-state index is -4.55. The lowest BCUT2D eigenvalue weighted by atomic mass is 10.2. The van der Waals surface area contributed by atoms with Crippen molar-refractivity contribution < 1.29 is 18.0 Å². The molecule has 0 aliphatic rings. The summed E-state index contributed by atoms with van der Waals surface area (Å²) in [4.78, 5) is 12.9. The van der Waals surface area contributed by atoms with E-state index < -0.39 is 11.9 Å². The van der Waals surface area contributed by atoms with Gasteiger partial charge in [0.2, 0.25) is 0 Å². The van der Waals surface area contributed by atoms with Crippen molar-refractivity contribution in [3.63, 3.8) is 0 Å². The van der Waals surface area contributed by atoms with Gasteiger partial charge in [-0.2, -0.15) is 23.4 Å². The number of aromatic nitrogens is 4. The van der Waals surface area contributed by atoms with Crippen molar-refractivity contribution in [2.75, 3.05) is 6.54 Å². The second-order valence-electron chi connectivity index (χ2n) is 6.29. The number of aryl methyl sites for hydroxylation is 2. The Balaban J connectivity index is 1.68. The van der Waals surface area contributed by atoms with E-state index in [0.717, 1.165) is 21.7 Å². The van der Waals surface area contributed by atoms with Gasteiger partial charge in [-0.15, -0.1) is 11.3 Å². The molecule has 0 radical (unpaired) electrons. The van der Waals surface area contributed by atoms with E-state index in [1.54, 1.807) is 4.68 Å². The molecule has 10 heteroatoms. The van der Waals surface area contributed by atoms with Gasteiger partial charge in [0, 0.05) is 31.7 Å². The zero-order chi connectivity index (χ0) is 19.1. The van der Waals surface area contributed by atoms with Crippen molar-refractivity contribution >= 4 is 27.5 Å². The number of nitrogens with zero attached hydrogens (tertiary/aromatic N) is 4. The first-order valence-corrected chi connectivity index (χ1v) is 8.79. The molecule has 6 nitrogen and oxygen atoms in total. The molecule has 0 saturated carbocycles. The second kappa shape index (κ2) is 6.75. The summed E-state index contributed by atoms with van der Waals surface area (Å²) >= 11 is 0.999. The fourth-order valence-electron chi connectivity index (χ4n) is 2.66. The highest BCUT2D eigenvalue weighted by atomic mass is 32.1. The number of halogens is 3. The Morgan fingerprint density at radius 3 is 2.73 bits per heavy atom. The Hall–Kier alpha value is -2.36. The van der Waals surface area contributed by atoms with Gasteiger partial charge >= 0.3 is 6.18 Å². The number of carbonyl (C=O) groups is 1. The highest BCUT2D eigenvalue weighted by Crippen LogP contribution is 2.37. The fourth-order valence-corrected chi connectivity index (χ4v) is 3.65. The van der Waals surface area contributed by atoms with E-state index in [4.69, 9.17) is 0 Å². The van der Waals surface area contributed by atoms with E-state index in [1.807, 2.05) is 26.1 Å². The third kappa shape index (κ3) is 3.74. The first kappa shape index (κ1) is 18.4. The van der Waals surface area contributed by atoms with Gasteiger partial charge in [-0.25, -0.2) is 0 Å². The minimum Gasteiger partial charge on any atom is -0.351 e. The van der Waals surface area contributed by atoms with Crippen LogP contribution in [-0.2, 0) is 19.8 Å². The maximum atomic E-state index is 13.0. The molecule has 3 heterocycles. The van der Waals surface area contributed by atoms with E-state index in [0.29, 0.717) is 17.9 Å². The largest absolute Gasteiger partial charge is 0.435 e. The molecule has 140 valence electrons. The summed E-state index contributed by atoms with van der Waals surface area (Å²) in [6.45, 7) is 4.90. The lowest BCUT2D eigenvalue weighted by Crippen LogP contribution is -2.29. The van der Waals surface area contributed by atoms with Gasteiger partial charge in [0.05, 0.1) is 10.6 Å². The van der Waals surface area contributed by atoms with Crippen LogP contribution in [0.2, 0.25) is 0 Å². The topological polar surface area (TPSA) is 64.7 Å². The van der Waals surface area contributed by atoms with Crippen molar-refractivity contribution in [3.05, 3.63) is 34.6 Å². The first-order chi connectivity index (χ1) is 12.1. The van der Waals surface area contributed by atoms with Gasteiger partial charge in [0.15, 0.2) is 5.69 Å². The number of rotatable bonds is 5. The van der Waals surface area contributed by atoms with Crippen molar-refractivity contribution in [2.24, 2.45) is 13.0 Å². The summed E-state index contributed by atoms with van der Waals surface area (Å²) in [5.41, 5.74) is -0.0479. The molecular weight excluding hydrogens is 367 g/mol. The molecule has 0 unspecified atom stereocenters. The van der Waals surface area contributed by atoms with Gasteiger partial charge in [-0.05, 0) is 25.0 Å². The standard InChI is InChI=1S/C16H18F3N5OS/c1-9(8-24-5-4-10(2)21-24)7-20-14(25)12-6-11-13(16(17,18)19)22-23(3)15(11)26-12/h4-6,9H,7-8H2,1-3H3,(H,20,25)/t9-/m1/s1. The number of carbonyl (C=O) groups excluding carboxylic acids is 1. The van der Waals surface area contributed by atoms with Gasteiger partial charge in [-0.1, -0.05) is 6.92 Å². The van der Waals surface area contributed by atoms with Crippen LogP contribution in [0.1, 0.15) is 28.0 Å². The summed E-state index contributed by atoms with van der Waals surface area (Å²) in [6.07, 6.45) is -2.68. The smallest absolute Gasteiger partial charge is 0.351 e. The van der Waals surface area contributed by atoms with Crippen molar-refractivity contribution in [1.29, 1.82) is 0 Å². The van der Waals surface area contributed by atoms with E-state index in [2.05, 4.69) is 15.5 Å². The summed E-state index contributed by atoms with van der Waals surface area (Å²) in [5.74, 6) is -0.261. The molecule has 0 aliphatic heterocycles. The summed E-state index contributed by atoms with van der Waals surface area (Å²) in [5, 5.41) is 10.5. The lowest BCUT2D eigenvalue weighted by Gasteiger charge is -2.12. The molecule has 0 bridgehead atoms. The average Bonchev–Trinajstić information content (AvgIpc) is 3.21. The van der Waals surface area contributed by atoms with Crippen LogP contribution in [0.15, 0.2) is 18.3 Å². The van der Waals surface area contributed by atoms with E-state index in [1.165, 1.54) is 13.1 Å². The maximum absolute atomic E-state index is 13.0. The van der Waals surface area contributed by atoms with Crippen LogP contribution in [0.3, 0.4) is 0 Å². The third-order valence-electron chi connectivity index (χ3n) is 3.89. The molecule has 1 N–H and O–H groups in total. The predicted octanol–water partition coefficient (Wildman–Crippen LogP) is 3.22. The van der Waals surface area contributed by atoms with Crippen molar-refractivity contribution in [2.45, 2.75) is 26.6 Å². The minimum absolute atomic E-state index is 0.0461. The Kier molecular flexibility index (Phi) is 4.78. The fraction of sp³-hybridized carbons (Fsp3) is 0.438. The third-order valence-corrected chi connectivity index (χ3v) is 5.09. The molecule has 26 heavy (non-hydrogen) atoms. The van der Waals surface area contributed by atoms with Crippen LogP contribution in [0.25, 0.3) is 10.2 Å².